The number of hydrogen-bond acceptors (Lipinski definition) is 6. The number of amides is 1. The maximum absolute atomic E-state index is 11.2. The van der Waals surface area contributed by atoms with Gasteiger partial charge in [-0.15, -0.1) is 0 Å². The van der Waals surface area contributed by atoms with Crippen LogP contribution < -0.4 is 5.32 Å². The second kappa shape index (κ2) is 6.26. The van der Waals surface area contributed by atoms with Crippen LogP contribution in [0.15, 0.2) is 17.0 Å². The van der Waals surface area contributed by atoms with E-state index in [0.717, 1.165) is 11.3 Å². The molecule has 92 valence electrons. The van der Waals surface area contributed by atoms with Gasteiger partial charge in [0.05, 0.1) is 0 Å². The van der Waals surface area contributed by atoms with E-state index in [0.29, 0.717) is 4.34 Å². The van der Waals surface area contributed by atoms with Crippen molar-refractivity contribution in [3.05, 3.63) is 17.5 Å². The van der Waals surface area contributed by atoms with Crippen LogP contribution in [-0.2, 0) is 4.74 Å². The van der Waals surface area contributed by atoms with Crippen LogP contribution in [0.5, 0.6) is 0 Å². The third kappa shape index (κ3) is 3.75. The van der Waals surface area contributed by atoms with Gasteiger partial charge in [-0.25, -0.2) is 14.6 Å². The summed E-state index contributed by atoms with van der Waals surface area (Å²) in [6, 6.07) is 0. The van der Waals surface area contributed by atoms with Crippen LogP contribution in [0.1, 0.15) is 9.67 Å². The van der Waals surface area contributed by atoms with Crippen LogP contribution in [0, 0.1) is 0 Å². The van der Waals surface area contributed by atoms with E-state index in [1.54, 1.807) is 6.26 Å². The van der Waals surface area contributed by atoms with Crippen LogP contribution in [0.4, 0.5) is 10.6 Å². The Morgan fingerprint density at radius 2 is 2.41 bits per heavy atom. The summed E-state index contributed by atoms with van der Waals surface area (Å²) in [4.78, 5) is 26.1. The van der Waals surface area contributed by atoms with Gasteiger partial charge in [-0.05, 0) is 6.26 Å². The molecule has 0 saturated heterocycles. The van der Waals surface area contributed by atoms with Crippen molar-refractivity contribution in [2.45, 2.75) is 4.34 Å². The molecule has 0 aromatic carbocycles. The van der Waals surface area contributed by atoms with Gasteiger partial charge in [0.25, 0.3) is 0 Å². The minimum Gasteiger partial charge on any atom is -0.477 e. The number of nitrogens with one attached hydrogen (secondary N) is 1. The molecule has 0 saturated carbocycles. The fraction of sp³-hybridized carbons (Fsp3) is 0.222. The zero-order chi connectivity index (χ0) is 12.8. The van der Waals surface area contributed by atoms with Gasteiger partial charge in [0.2, 0.25) is 0 Å². The summed E-state index contributed by atoms with van der Waals surface area (Å²) < 4.78 is 5.23. The van der Waals surface area contributed by atoms with Crippen LogP contribution in [-0.4, -0.2) is 35.0 Å². The van der Waals surface area contributed by atoms with E-state index in [2.05, 4.69) is 21.6 Å². The molecule has 1 heterocycles. The summed E-state index contributed by atoms with van der Waals surface area (Å²) in [5.41, 5.74) is 0. The number of hydrogen-bond donors (Lipinski definition) is 2. The lowest BCUT2D eigenvalue weighted by molar-refractivity contribution is 0.0703. The summed E-state index contributed by atoms with van der Waals surface area (Å²) in [6.07, 6.45) is 2.42. The molecule has 0 spiro atoms. The molecule has 0 atom stereocenters. The SMILES string of the molecule is C=CCOC(=O)Nc1nc(SC)sc1C(=O)O. The summed E-state index contributed by atoms with van der Waals surface area (Å²) in [5.74, 6) is -1.14. The van der Waals surface area contributed by atoms with Crippen LogP contribution in [0.2, 0.25) is 0 Å². The van der Waals surface area contributed by atoms with Crippen molar-refractivity contribution >= 4 is 41.0 Å². The molecule has 0 bridgehead atoms. The van der Waals surface area contributed by atoms with Gasteiger partial charge >= 0.3 is 12.1 Å². The molecule has 0 aliphatic rings. The Labute approximate surface area is 106 Å². The normalized spacial score (nSPS) is 9.71. The lowest BCUT2D eigenvalue weighted by Gasteiger charge is -2.02. The molecule has 0 radical (unpaired) electrons. The standard InChI is InChI=1S/C9H10N2O4S2/c1-3-4-15-8(14)10-6-5(7(12)13)17-9(11-6)16-2/h3H,1,4H2,2H3,(H,10,14)(H,12,13). The van der Waals surface area contributed by atoms with Crippen molar-refractivity contribution in [1.82, 2.24) is 4.98 Å². The molecule has 6 nitrogen and oxygen atoms in total. The topological polar surface area (TPSA) is 88.5 Å². The van der Waals surface area contributed by atoms with Gasteiger partial charge in [-0.1, -0.05) is 35.8 Å². The molecule has 17 heavy (non-hydrogen) atoms. The molecular formula is C9H10N2O4S2. The second-order valence-electron chi connectivity index (χ2n) is 2.68. The molecule has 8 heteroatoms. The number of carboxylic acid groups (broad SMARTS) is 1. The number of aromatic carboxylic acids is 1. The minimum atomic E-state index is -1.14. The zero-order valence-electron chi connectivity index (χ0n) is 8.93. The van der Waals surface area contributed by atoms with Gasteiger partial charge in [-0.3, -0.25) is 5.32 Å². The van der Waals surface area contributed by atoms with E-state index in [-0.39, 0.29) is 17.3 Å². The quantitative estimate of drug-likeness (QED) is 0.632. The molecule has 0 fully saturated rings. The highest BCUT2D eigenvalue weighted by atomic mass is 32.2. The van der Waals surface area contributed by atoms with Crippen LogP contribution in [0.25, 0.3) is 0 Å². The lowest BCUT2D eigenvalue weighted by atomic mass is 10.5. The summed E-state index contributed by atoms with van der Waals surface area (Å²) in [5, 5.41) is 11.2. The minimum absolute atomic E-state index is 0.000845. The van der Waals surface area contributed by atoms with Gasteiger partial charge in [0.1, 0.15) is 6.61 Å². The van der Waals surface area contributed by atoms with Crippen molar-refractivity contribution < 1.29 is 19.4 Å². The highest BCUT2D eigenvalue weighted by molar-refractivity contribution is 8.00. The smallest absolute Gasteiger partial charge is 0.413 e. The average Bonchev–Trinajstić information content (AvgIpc) is 2.69. The fourth-order valence-electron chi connectivity index (χ4n) is 0.885. The molecule has 1 aromatic heterocycles. The highest BCUT2D eigenvalue weighted by Gasteiger charge is 2.19. The number of aromatic nitrogens is 1. The Balaban J connectivity index is 2.81. The summed E-state index contributed by atoms with van der Waals surface area (Å²) in [7, 11) is 0. The van der Waals surface area contributed by atoms with Crippen molar-refractivity contribution in [2.75, 3.05) is 18.2 Å². The van der Waals surface area contributed by atoms with E-state index < -0.39 is 12.1 Å². The number of carbonyl (C=O) groups excluding carboxylic acids is 1. The molecule has 2 N–H and O–H groups in total. The summed E-state index contributed by atoms with van der Waals surface area (Å²) in [6.45, 7) is 3.44. The van der Waals surface area contributed by atoms with E-state index >= 15 is 0 Å². The maximum Gasteiger partial charge on any atom is 0.413 e. The Morgan fingerprint density at radius 1 is 1.71 bits per heavy atom. The van der Waals surface area contributed by atoms with E-state index in [1.165, 1.54) is 17.8 Å². The highest BCUT2D eigenvalue weighted by Crippen LogP contribution is 2.29. The Bertz CT molecular complexity index is 444. The monoisotopic (exact) mass is 274 g/mol. The molecule has 0 aliphatic heterocycles. The lowest BCUT2D eigenvalue weighted by Crippen LogP contribution is -2.15. The van der Waals surface area contributed by atoms with Gasteiger partial charge < -0.3 is 9.84 Å². The summed E-state index contributed by atoms with van der Waals surface area (Å²) >= 11 is 2.30. The first-order valence-corrected chi connectivity index (χ1v) is 6.45. The number of rotatable bonds is 5. The Morgan fingerprint density at radius 3 is 2.94 bits per heavy atom. The molecular weight excluding hydrogens is 264 g/mol. The molecule has 1 amide bonds. The largest absolute Gasteiger partial charge is 0.477 e. The van der Waals surface area contributed by atoms with Gasteiger partial charge in [-0.2, -0.15) is 0 Å². The Hall–Kier alpha value is -1.54. The third-order valence-electron chi connectivity index (χ3n) is 1.53. The van der Waals surface area contributed by atoms with Crippen LogP contribution >= 0.6 is 23.1 Å². The number of carbonyl (C=O) groups is 2. The van der Waals surface area contributed by atoms with E-state index in [9.17, 15) is 9.59 Å². The van der Waals surface area contributed by atoms with E-state index in [4.69, 9.17) is 5.11 Å². The van der Waals surface area contributed by atoms with E-state index in [1.807, 2.05) is 0 Å². The number of anilines is 1. The molecule has 1 aromatic rings. The second-order valence-corrected chi connectivity index (χ2v) is 4.73. The zero-order valence-corrected chi connectivity index (χ0v) is 10.6. The van der Waals surface area contributed by atoms with Crippen LogP contribution in [0.3, 0.4) is 0 Å². The molecule has 0 unspecified atom stereocenters. The van der Waals surface area contributed by atoms with Gasteiger partial charge in [0, 0.05) is 0 Å². The maximum atomic E-state index is 11.2. The van der Waals surface area contributed by atoms with Crippen molar-refractivity contribution in [3.8, 4) is 0 Å². The third-order valence-corrected chi connectivity index (χ3v) is 3.56. The van der Waals surface area contributed by atoms with Crippen molar-refractivity contribution in [3.63, 3.8) is 0 Å². The van der Waals surface area contributed by atoms with Crippen molar-refractivity contribution in [1.29, 1.82) is 0 Å². The number of ether oxygens (including phenoxy) is 1. The number of thioether (sulfide) groups is 1. The van der Waals surface area contributed by atoms with Crippen molar-refractivity contribution in [2.24, 2.45) is 0 Å². The van der Waals surface area contributed by atoms with Gasteiger partial charge in [0.15, 0.2) is 15.0 Å². The first-order valence-electron chi connectivity index (χ1n) is 4.41. The predicted octanol–water partition coefficient (Wildman–Crippen LogP) is 2.30. The first-order chi connectivity index (χ1) is 8.08. The molecule has 0 aliphatic carbocycles. The Kier molecular flexibility index (Phi) is 4.98. The number of thiazole rings is 1. The average molecular weight is 274 g/mol. The first kappa shape index (κ1) is 13.5. The molecule has 1 rings (SSSR count). The number of nitrogens with zero attached hydrogens (tertiary/aromatic N) is 1. The fourth-order valence-corrected chi connectivity index (χ4v) is 2.24. The predicted molar refractivity (Wildman–Crippen MR) is 66.0 cm³/mol. The number of carboxylic acids is 1.